The molecule has 158 valence electrons. The van der Waals surface area contributed by atoms with Gasteiger partial charge < -0.3 is 9.47 Å². The Morgan fingerprint density at radius 1 is 0.774 bits per heavy atom. The van der Waals surface area contributed by atoms with Crippen LogP contribution in [0.2, 0.25) is 0 Å². The Labute approximate surface area is 182 Å². The van der Waals surface area contributed by atoms with Crippen molar-refractivity contribution in [2.24, 2.45) is 0 Å². The van der Waals surface area contributed by atoms with Crippen LogP contribution in [0.15, 0.2) is 72.8 Å². The van der Waals surface area contributed by atoms with Gasteiger partial charge in [0.2, 0.25) is 0 Å². The Hall–Kier alpha value is -3.24. The van der Waals surface area contributed by atoms with Gasteiger partial charge in [-0.1, -0.05) is 43.3 Å². The van der Waals surface area contributed by atoms with E-state index in [9.17, 15) is 4.39 Å². The summed E-state index contributed by atoms with van der Waals surface area (Å²) in [5.41, 5.74) is 6.12. The number of pyridine rings is 1. The molecule has 3 nitrogen and oxygen atoms in total. The van der Waals surface area contributed by atoms with Gasteiger partial charge in [-0.05, 0) is 66.4 Å². The first kappa shape index (κ1) is 21.0. The number of hydrogen-bond donors (Lipinski definition) is 0. The molecule has 0 N–H and O–H groups in total. The predicted molar refractivity (Wildman–Crippen MR) is 124 cm³/mol. The third kappa shape index (κ3) is 4.92. The van der Waals surface area contributed by atoms with E-state index in [4.69, 9.17) is 14.5 Å². The van der Waals surface area contributed by atoms with Crippen molar-refractivity contribution in [3.63, 3.8) is 0 Å². The second-order valence-electron chi connectivity index (χ2n) is 7.33. The van der Waals surface area contributed by atoms with Crippen molar-refractivity contribution >= 4 is 10.9 Å². The number of fused-ring (bicyclic) bond motifs is 1. The minimum Gasteiger partial charge on any atom is -0.491 e. The molecule has 0 aliphatic heterocycles. The highest BCUT2D eigenvalue weighted by Crippen LogP contribution is 2.29. The summed E-state index contributed by atoms with van der Waals surface area (Å²) in [5.74, 6) is 0.607. The molecule has 0 fully saturated rings. The smallest absolute Gasteiger partial charge is 0.123 e. The number of hydrogen-bond acceptors (Lipinski definition) is 3. The van der Waals surface area contributed by atoms with Crippen LogP contribution in [-0.2, 0) is 11.2 Å². The first-order valence-corrected chi connectivity index (χ1v) is 10.7. The first-order valence-electron chi connectivity index (χ1n) is 10.7. The number of halogens is 1. The van der Waals surface area contributed by atoms with Gasteiger partial charge in [0.15, 0.2) is 0 Å². The summed E-state index contributed by atoms with van der Waals surface area (Å²) in [4.78, 5) is 4.76. The van der Waals surface area contributed by atoms with Gasteiger partial charge in [0.05, 0.1) is 17.8 Å². The van der Waals surface area contributed by atoms with Crippen LogP contribution in [-0.4, -0.2) is 24.8 Å². The Morgan fingerprint density at radius 2 is 1.45 bits per heavy atom. The van der Waals surface area contributed by atoms with E-state index in [1.54, 1.807) is 12.1 Å². The number of nitrogens with zero attached hydrogens (tertiary/aromatic N) is 1. The van der Waals surface area contributed by atoms with E-state index in [1.165, 1.54) is 6.07 Å². The summed E-state index contributed by atoms with van der Waals surface area (Å²) in [6, 6.07) is 23.3. The van der Waals surface area contributed by atoms with E-state index in [-0.39, 0.29) is 5.82 Å². The van der Waals surface area contributed by atoms with Crippen molar-refractivity contribution in [2.75, 3.05) is 19.8 Å². The fourth-order valence-electron chi connectivity index (χ4n) is 3.65. The maximum Gasteiger partial charge on any atom is 0.123 e. The predicted octanol–water partition coefficient (Wildman–Crippen LogP) is 6.69. The van der Waals surface area contributed by atoms with Crippen LogP contribution in [0.3, 0.4) is 0 Å². The summed E-state index contributed by atoms with van der Waals surface area (Å²) in [6.45, 7) is 5.90. The van der Waals surface area contributed by atoms with Gasteiger partial charge in [0.25, 0.3) is 0 Å². The molecular weight excluding hydrogens is 389 g/mol. The molecule has 1 aromatic heterocycles. The fraction of sp³-hybridized carbons (Fsp3) is 0.222. The average molecular weight is 416 g/mol. The zero-order chi connectivity index (χ0) is 21.6. The zero-order valence-electron chi connectivity index (χ0n) is 17.9. The molecule has 0 amide bonds. The number of aromatic nitrogens is 1. The lowest BCUT2D eigenvalue weighted by atomic mass is 10.00. The average Bonchev–Trinajstić information content (AvgIpc) is 2.82. The van der Waals surface area contributed by atoms with Crippen LogP contribution in [0.1, 0.15) is 19.4 Å². The van der Waals surface area contributed by atoms with E-state index < -0.39 is 0 Å². The Balaban J connectivity index is 1.54. The van der Waals surface area contributed by atoms with Crippen LogP contribution in [0, 0.1) is 5.82 Å². The minimum atomic E-state index is -0.230. The molecule has 0 aliphatic rings. The second kappa shape index (κ2) is 9.71. The molecule has 4 aromatic rings. The quantitative estimate of drug-likeness (QED) is 0.301. The lowest BCUT2D eigenvalue weighted by Gasteiger charge is -2.10. The van der Waals surface area contributed by atoms with Crippen molar-refractivity contribution in [1.82, 2.24) is 4.98 Å². The molecule has 0 bridgehead atoms. The van der Waals surface area contributed by atoms with Crippen molar-refractivity contribution < 1.29 is 13.9 Å². The van der Waals surface area contributed by atoms with E-state index in [2.05, 4.69) is 49.4 Å². The maximum atomic E-state index is 13.7. The van der Waals surface area contributed by atoms with Crippen molar-refractivity contribution in [1.29, 1.82) is 0 Å². The highest BCUT2D eigenvalue weighted by Gasteiger charge is 2.08. The molecule has 0 radical (unpaired) electrons. The van der Waals surface area contributed by atoms with Crippen LogP contribution >= 0.6 is 0 Å². The largest absolute Gasteiger partial charge is 0.491 e. The van der Waals surface area contributed by atoms with Gasteiger partial charge in [-0.25, -0.2) is 9.37 Å². The molecule has 0 aliphatic carbocycles. The molecule has 3 aromatic carbocycles. The summed E-state index contributed by atoms with van der Waals surface area (Å²) < 4.78 is 24.6. The topological polar surface area (TPSA) is 31.4 Å². The SMILES string of the molecule is CCOCCOc1ccc(-c2ccc(-c3cc(CC)c4cc(F)ccc4n3)cc2)cc1. The highest BCUT2D eigenvalue weighted by molar-refractivity contribution is 5.85. The number of rotatable bonds is 8. The Morgan fingerprint density at radius 3 is 2.13 bits per heavy atom. The zero-order valence-corrected chi connectivity index (χ0v) is 17.9. The molecule has 4 heteroatoms. The molecule has 0 saturated carbocycles. The normalized spacial score (nSPS) is 11.1. The van der Waals surface area contributed by atoms with E-state index in [0.717, 1.165) is 51.0 Å². The van der Waals surface area contributed by atoms with E-state index >= 15 is 0 Å². The monoisotopic (exact) mass is 415 g/mol. The summed E-state index contributed by atoms with van der Waals surface area (Å²) in [6.07, 6.45) is 0.826. The summed E-state index contributed by atoms with van der Waals surface area (Å²) in [7, 11) is 0. The number of ether oxygens (including phenoxy) is 2. The van der Waals surface area contributed by atoms with Crippen LogP contribution < -0.4 is 4.74 Å². The Bertz CT molecular complexity index is 1150. The van der Waals surface area contributed by atoms with Gasteiger partial charge in [0.1, 0.15) is 18.2 Å². The molecule has 1 heterocycles. The summed E-state index contributed by atoms with van der Waals surface area (Å²) >= 11 is 0. The molecule has 0 saturated heterocycles. The molecule has 31 heavy (non-hydrogen) atoms. The van der Waals surface area contributed by atoms with Gasteiger partial charge >= 0.3 is 0 Å². The molecule has 4 rings (SSSR count). The molecular formula is C27H26FNO2. The van der Waals surface area contributed by atoms with E-state index in [0.29, 0.717) is 19.8 Å². The lowest BCUT2D eigenvalue weighted by Crippen LogP contribution is -2.06. The molecule has 0 spiro atoms. The van der Waals surface area contributed by atoms with Gasteiger partial charge in [-0.15, -0.1) is 0 Å². The standard InChI is InChI=1S/C27H26FNO2/c1-3-19-17-27(29-26-14-11-23(28)18-25(19)26)22-7-5-20(6-8-22)21-9-12-24(13-10-21)31-16-15-30-4-2/h5-14,17-18H,3-4,15-16H2,1-2H3. The second-order valence-corrected chi connectivity index (χ2v) is 7.33. The third-order valence-corrected chi connectivity index (χ3v) is 5.31. The van der Waals surface area contributed by atoms with Gasteiger partial charge in [-0.2, -0.15) is 0 Å². The van der Waals surface area contributed by atoms with Crippen molar-refractivity contribution in [3.05, 3.63) is 84.2 Å². The third-order valence-electron chi connectivity index (χ3n) is 5.31. The van der Waals surface area contributed by atoms with Crippen LogP contribution in [0.5, 0.6) is 5.75 Å². The lowest BCUT2D eigenvalue weighted by molar-refractivity contribution is 0.110. The first-order chi connectivity index (χ1) is 15.2. The van der Waals surface area contributed by atoms with Gasteiger partial charge in [-0.3, -0.25) is 0 Å². The Kier molecular flexibility index (Phi) is 6.58. The van der Waals surface area contributed by atoms with Crippen LogP contribution in [0.4, 0.5) is 4.39 Å². The van der Waals surface area contributed by atoms with E-state index in [1.807, 2.05) is 19.1 Å². The number of benzene rings is 3. The van der Waals surface area contributed by atoms with Gasteiger partial charge in [0, 0.05) is 17.6 Å². The minimum absolute atomic E-state index is 0.230. The highest BCUT2D eigenvalue weighted by atomic mass is 19.1. The number of aryl methyl sites for hydroxylation is 1. The van der Waals surface area contributed by atoms with Crippen molar-refractivity contribution in [3.8, 4) is 28.1 Å². The fourth-order valence-corrected chi connectivity index (χ4v) is 3.65. The molecule has 0 atom stereocenters. The maximum absolute atomic E-state index is 13.7. The summed E-state index contributed by atoms with van der Waals surface area (Å²) in [5, 5.41) is 0.881. The molecule has 0 unspecified atom stereocenters. The van der Waals surface area contributed by atoms with Crippen LogP contribution in [0.25, 0.3) is 33.3 Å². The van der Waals surface area contributed by atoms with Crippen molar-refractivity contribution in [2.45, 2.75) is 20.3 Å².